The second kappa shape index (κ2) is 43.3. The molecule has 5 aliphatic rings. The smallest absolute Gasteiger partial charge is 0.331 e. The van der Waals surface area contributed by atoms with E-state index in [2.05, 4.69) is 0 Å². The van der Waals surface area contributed by atoms with Crippen LogP contribution in [0.2, 0.25) is 0 Å². The largest absolute Gasteiger partial charge is 0.459 e. The summed E-state index contributed by atoms with van der Waals surface area (Å²) in [5, 5.41) is 94.2. The maximum atomic E-state index is 13.9. The third kappa shape index (κ3) is 28.2. The first kappa shape index (κ1) is 85.6. The molecule has 0 radical (unpaired) electrons. The minimum absolute atomic E-state index is 0.0279. The van der Waals surface area contributed by atoms with Gasteiger partial charge in [0, 0.05) is 95.4 Å². The van der Waals surface area contributed by atoms with Crippen LogP contribution in [0.4, 0.5) is 0 Å². The number of allylic oxidation sites excluding steroid dienone is 4. The van der Waals surface area contributed by atoms with Gasteiger partial charge in [-0.05, 0) is 149 Å². The Balaban J connectivity index is 1.36. The molecular weight excluding hydrogens is 1260 g/mol. The number of hydrogen-bond acceptors (Lipinski definition) is 20. The van der Waals surface area contributed by atoms with Gasteiger partial charge in [-0.3, -0.25) is 0 Å². The SMILES string of the molecule is CO[C@H]1C[C@H](CC[C@H](C)[C@H](O)[C@H](C)[C@H]2OC(=O)C=C/C(C)=C\C[C@H](O)C[C@@H]3CCC[C@H](C[C@H](OC)[C@@H](C)[C@@H](O)C[C@@H](O)[C@H](C)[C@H](O)[C@@H](C)[C@H]([C@@H](C)CC[C@H]4C[C@H](OC)C[C@H](C)O4)OC(=O)/C=C\C(C)=C/C[C@H](O)C[C@@H]4C=CC[C@H](C[C@H](OC)[C@@H](C)[C@@H](O)C[C@@H](O)[C@@H]2C)O4)O3)O[C@@H](C)C1. The first-order chi connectivity index (χ1) is 46.4. The van der Waals surface area contributed by atoms with E-state index in [-0.39, 0.29) is 86.0 Å². The zero-order valence-electron chi connectivity index (χ0n) is 62.6. The van der Waals surface area contributed by atoms with Crippen LogP contribution in [0.3, 0.4) is 0 Å². The average molecular weight is 1390 g/mol. The van der Waals surface area contributed by atoms with Crippen molar-refractivity contribution in [3.8, 4) is 0 Å². The summed E-state index contributed by atoms with van der Waals surface area (Å²) in [4.78, 5) is 27.8. The number of cyclic esters (lactones) is 2. The second-order valence-electron chi connectivity index (χ2n) is 30.7. The lowest BCUT2D eigenvalue weighted by atomic mass is 9.78. The van der Waals surface area contributed by atoms with E-state index in [1.165, 1.54) is 12.2 Å². The first-order valence-corrected chi connectivity index (χ1v) is 37.4. The topological polar surface area (TPSA) is 288 Å². The summed E-state index contributed by atoms with van der Waals surface area (Å²) >= 11 is 0. The summed E-state index contributed by atoms with van der Waals surface area (Å²) in [5.74, 6) is -5.34. The molecular formula is C78H134O20. The lowest BCUT2D eigenvalue weighted by molar-refractivity contribution is -0.158. The van der Waals surface area contributed by atoms with Gasteiger partial charge in [0.25, 0.3) is 0 Å². The molecule has 0 saturated carbocycles. The van der Waals surface area contributed by atoms with Crippen LogP contribution in [-0.4, -0.2) is 216 Å². The highest BCUT2D eigenvalue weighted by Crippen LogP contribution is 2.37. The molecule has 98 heavy (non-hydrogen) atoms. The normalized spacial score (nSPS) is 42.0. The fourth-order valence-electron chi connectivity index (χ4n) is 15.7. The molecule has 0 unspecified atom stereocenters. The molecule has 0 spiro atoms. The van der Waals surface area contributed by atoms with Gasteiger partial charge < -0.3 is 88.2 Å². The minimum atomic E-state index is -1.16. The predicted octanol–water partition coefficient (Wildman–Crippen LogP) is 10.3. The minimum Gasteiger partial charge on any atom is -0.459 e. The number of aliphatic hydroxyl groups is 8. The monoisotopic (exact) mass is 1390 g/mol. The molecule has 0 aromatic carbocycles. The third-order valence-electron chi connectivity index (χ3n) is 22.6. The first-order valence-electron chi connectivity index (χ1n) is 37.4. The number of hydrogen-bond donors (Lipinski definition) is 8. The summed E-state index contributed by atoms with van der Waals surface area (Å²) < 4.78 is 61.6. The number of carbonyl (C=O) groups is 2. The molecule has 3 saturated heterocycles. The van der Waals surface area contributed by atoms with E-state index < -0.39 is 127 Å². The van der Waals surface area contributed by atoms with E-state index in [0.29, 0.717) is 69.8 Å². The molecule has 0 aromatic heterocycles. The van der Waals surface area contributed by atoms with Crippen molar-refractivity contribution in [2.45, 2.75) is 346 Å². The van der Waals surface area contributed by atoms with Crippen LogP contribution in [0.15, 0.2) is 59.8 Å². The summed E-state index contributed by atoms with van der Waals surface area (Å²) in [7, 11) is 6.61. The van der Waals surface area contributed by atoms with Gasteiger partial charge in [-0.25, -0.2) is 9.59 Å². The highest BCUT2D eigenvalue weighted by molar-refractivity contribution is 5.83. The van der Waals surface area contributed by atoms with Gasteiger partial charge in [0.05, 0.1) is 122 Å². The Kier molecular flexibility index (Phi) is 37.9. The van der Waals surface area contributed by atoms with Gasteiger partial charge in [-0.15, -0.1) is 0 Å². The highest BCUT2D eigenvalue weighted by atomic mass is 16.6. The summed E-state index contributed by atoms with van der Waals surface area (Å²) in [6.45, 7) is 22.6. The van der Waals surface area contributed by atoms with E-state index in [9.17, 15) is 50.4 Å². The lowest BCUT2D eigenvalue weighted by Gasteiger charge is -2.38. The van der Waals surface area contributed by atoms with Crippen molar-refractivity contribution >= 4 is 11.9 Å². The Morgan fingerprint density at radius 1 is 0.490 bits per heavy atom. The number of ether oxygens (including phenoxy) is 10. The maximum Gasteiger partial charge on any atom is 0.331 e. The number of rotatable bonds is 14. The molecule has 8 N–H and O–H groups in total. The Hall–Kier alpha value is -3.00. The van der Waals surface area contributed by atoms with Crippen LogP contribution in [0, 0.1) is 47.3 Å². The number of aliphatic hydroxyl groups excluding tert-OH is 8. The van der Waals surface area contributed by atoms with Gasteiger partial charge in [0.2, 0.25) is 0 Å². The van der Waals surface area contributed by atoms with Crippen molar-refractivity contribution in [3.05, 3.63) is 59.8 Å². The van der Waals surface area contributed by atoms with Crippen molar-refractivity contribution in [3.63, 3.8) is 0 Å². The number of methoxy groups -OCH3 is 4. The Morgan fingerprint density at radius 3 is 1.48 bits per heavy atom. The average Bonchev–Trinajstić information content (AvgIpc) is 0.850. The molecule has 5 rings (SSSR count). The molecule has 5 aliphatic heterocycles. The highest BCUT2D eigenvalue weighted by Gasteiger charge is 2.42. The molecule has 4 bridgehead atoms. The number of carbonyl (C=O) groups excluding carboxylic acids is 2. The van der Waals surface area contributed by atoms with Gasteiger partial charge in [0.1, 0.15) is 12.2 Å². The molecule has 30 atom stereocenters. The molecule has 20 nitrogen and oxygen atoms in total. The van der Waals surface area contributed by atoms with Gasteiger partial charge in [0.15, 0.2) is 0 Å². The number of esters is 2. The van der Waals surface area contributed by atoms with Gasteiger partial charge in [-0.2, -0.15) is 0 Å². The zero-order valence-corrected chi connectivity index (χ0v) is 62.6. The molecule has 566 valence electrons. The molecule has 20 heteroatoms. The molecule has 0 aliphatic carbocycles. The third-order valence-corrected chi connectivity index (χ3v) is 22.6. The van der Waals surface area contributed by atoms with Gasteiger partial charge in [-0.1, -0.05) is 103 Å². The Bertz CT molecular complexity index is 2440. The van der Waals surface area contributed by atoms with Gasteiger partial charge >= 0.3 is 11.9 Å². The van der Waals surface area contributed by atoms with E-state index in [0.717, 1.165) is 50.5 Å². The standard InChI is InChI=1S/C78H134O20/c1-45-23-29-57(79)37-60-20-18-22-62(96-60)42-72(92-16)52(8)68(82)44-70(84)54(10)78(55(11)75(87)47(3)27-31-63-39-65(89-13)35-49(5)93-63)98-74(86)34-26-46(2)24-30-58(80)38-59-19-17-21-61(95-59)41-71(91-15)51(7)67(81)43-69(83)53(9)76(88)56(12)77(97-73(85)33-25-45)48(4)28-32-64-40-66(90-14)36-50(6)94-64/h18,20,23-26,33-34,47-72,75-84,87-88H,17,19,21-22,27-32,35-44H2,1-16H3/b33-25-,34-26?,45-23-,46-24-/t47-,48-,49-,50-,51-,52-,53-,54-,55-,56+,57-,58-,59-,60-,61+,62+,63-,64-,65+,66+,67-,68-,69+,70+,71-,72-,75-,76-,77-,78-/m0/s1. The predicted molar refractivity (Wildman–Crippen MR) is 378 cm³/mol. The van der Waals surface area contributed by atoms with E-state index in [4.69, 9.17) is 47.4 Å². The zero-order chi connectivity index (χ0) is 72.5. The fourth-order valence-corrected chi connectivity index (χ4v) is 15.7. The molecule has 0 amide bonds. The van der Waals surface area contributed by atoms with Crippen molar-refractivity contribution in [2.24, 2.45) is 47.3 Å². The van der Waals surface area contributed by atoms with Crippen molar-refractivity contribution in [1.29, 1.82) is 0 Å². The van der Waals surface area contributed by atoms with Crippen molar-refractivity contribution < 1.29 is 97.8 Å². The van der Waals surface area contributed by atoms with Crippen LogP contribution in [0.25, 0.3) is 0 Å². The fraction of sp³-hybridized carbons (Fsp3) is 0.846. The van der Waals surface area contributed by atoms with Crippen LogP contribution in [0.1, 0.15) is 212 Å². The molecule has 3 fully saturated rings. The quantitative estimate of drug-likeness (QED) is 0.0592. The molecule has 0 aromatic rings. The van der Waals surface area contributed by atoms with Crippen LogP contribution in [0.5, 0.6) is 0 Å². The van der Waals surface area contributed by atoms with Crippen molar-refractivity contribution in [2.75, 3.05) is 28.4 Å². The molecule has 5 heterocycles. The van der Waals surface area contributed by atoms with E-state index in [1.54, 1.807) is 54.4 Å². The second-order valence-corrected chi connectivity index (χ2v) is 30.7. The Morgan fingerprint density at radius 2 is 0.959 bits per heavy atom. The summed E-state index contributed by atoms with van der Waals surface area (Å²) in [5.41, 5.74) is 1.43. The lowest BCUT2D eigenvalue weighted by Crippen LogP contribution is -2.45. The van der Waals surface area contributed by atoms with Crippen LogP contribution < -0.4 is 0 Å². The summed E-state index contributed by atoms with van der Waals surface area (Å²) in [6.07, 6.45) is 12.8. The van der Waals surface area contributed by atoms with Crippen molar-refractivity contribution in [1.82, 2.24) is 0 Å². The van der Waals surface area contributed by atoms with Crippen LogP contribution >= 0.6 is 0 Å². The Labute approximate surface area is 588 Å². The summed E-state index contributed by atoms with van der Waals surface area (Å²) in [6, 6.07) is 0. The maximum absolute atomic E-state index is 13.9. The number of fused-ring (bicyclic) bond motifs is 4. The van der Waals surface area contributed by atoms with E-state index in [1.807, 2.05) is 93.5 Å². The van der Waals surface area contributed by atoms with Crippen LogP contribution in [-0.2, 0) is 57.0 Å². The van der Waals surface area contributed by atoms with E-state index >= 15 is 0 Å².